The molecule has 1 aliphatic carbocycles. The number of hydrogen-bond donors (Lipinski definition) is 2. The van der Waals surface area contributed by atoms with Gasteiger partial charge in [0.1, 0.15) is 16.6 Å². The van der Waals surface area contributed by atoms with Crippen LogP contribution in [0.25, 0.3) is 33.4 Å². The Labute approximate surface area is 207 Å². The van der Waals surface area contributed by atoms with Crippen LogP contribution in [-0.4, -0.2) is 27.7 Å². The first-order chi connectivity index (χ1) is 17.0. The lowest BCUT2D eigenvalue weighted by Crippen LogP contribution is -2.19. The highest BCUT2D eigenvalue weighted by molar-refractivity contribution is 6.29. The molecule has 3 aromatic heterocycles. The minimum Gasteiger partial charge on any atom is -0.449 e. The van der Waals surface area contributed by atoms with Gasteiger partial charge in [0.05, 0.1) is 17.7 Å². The number of halogens is 1. The second-order valence-corrected chi connectivity index (χ2v) is 9.28. The average Bonchev–Trinajstić information content (AvgIpc) is 3.36. The Bertz CT molecular complexity index is 1430. The Morgan fingerprint density at radius 2 is 1.86 bits per heavy atom. The van der Waals surface area contributed by atoms with Crippen LogP contribution < -0.4 is 10.7 Å². The first kappa shape index (κ1) is 23.1. The van der Waals surface area contributed by atoms with Crippen molar-refractivity contribution in [1.82, 2.24) is 15.0 Å². The molecule has 35 heavy (non-hydrogen) atoms. The number of rotatable bonds is 5. The third-order valence-corrected chi connectivity index (χ3v) is 6.45. The summed E-state index contributed by atoms with van der Waals surface area (Å²) in [7, 11) is 0. The van der Waals surface area contributed by atoms with Gasteiger partial charge in [-0.3, -0.25) is 10.1 Å². The molecule has 0 aliphatic heterocycles. The summed E-state index contributed by atoms with van der Waals surface area (Å²) in [6, 6.07) is 16.5. The number of aryl methyl sites for hydroxylation is 1. The van der Waals surface area contributed by atoms with E-state index >= 15 is 0 Å². The summed E-state index contributed by atoms with van der Waals surface area (Å²) < 4.78 is 5.36. The molecule has 1 aliphatic rings. The number of aromatic nitrogens is 3. The number of nitrogens with one attached hydrogen (secondary N) is 2. The van der Waals surface area contributed by atoms with Crippen LogP contribution in [0.3, 0.4) is 0 Å². The molecule has 2 N–H and O–H groups in total. The number of fused-ring (bicyclic) bond motifs is 1. The van der Waals surface area contributed by atoms with Crippen molar-refractivity contribution in [2.24, 2.45) is 5.92 Å². The van der Waals surface area contributed by atoms with E-state index in [1.54, 1.807) is 12.1 Å². The number of carbonyl (C=O) groups is 1. The van der Waals surface area contributed by atoms with Crippen LogP contribution in [0.5, 0.6) is 0 Å². The highest BCUT2D eigenvalue weighted by Crippen LogP contribution is 2.34. The quantitative estimate of drug-likeness (QED) is 0.319. The van der Waals surface area contributed by atoms with Gasteiger partial charge in [0.25, 0.3) is 0 Å². The Morgan fingerprint density at radius 3 is 2.60 bits per heavy atom. The van der Waals surface area contributed by atoms with Crippen molar-refractivity contribution in [3.05, 3.63) is 75.7 Å². The van der Waals surface area contributed by atoms with E-state index in [-0.39, 0.29) is 11.2 Å². The van der Waals surface area contributed by atoms with Gasteiger partial charge in [0.15, 0.2) is 5.43 Å². The Kier molecular flexibility index (Phi) is 6.51. The van der Waals surface area contributed by atoms with Gasteiger partial charge in [0.2, 0.25) is 0 Å². The van der Waals surface area contributed by atoms with Crippen molar-refractivity contribution in [2.75, 3.05) is 11.9 Å². The molecular formula is C27H25ClN4O3. The molecule has 0 unspecified atom stereocenters. The summed E-state index contributed by atoms with van der Waals surface area (Å²) in [5.41, 5.74) is 3.99. The van der Waals surface area contributed by atoms with Crippen LogP contribution in [0.4, 0.5) is 10.6 Å². The number of H-pyrrole nitrogens is 1. The molecule has 0 atom stereocenters. The predicted molar refractivity (Wildman–Crippen MR) is 138 cm³/mol. The number of nitrogens with zero attached hydrogens (tertiary/aromatic N) is 2. The summed E-state index contributed by atoms with van der Waals surface area (Å²) in [6.07, 6.45) is 3.92. The predicted octanol–water partition coefficient (Wildman–Crippen LogP) is 6.35. The fourth-order valence-electron chi connectivity index (χ4n) is 4.57. The zero-order chi connectivity index (χ0) is 24.4. The van der Waals surface area contributed by atoms with E-state index < -0.39 is 6.09 Å². The number of ether oxygens (including phenoxy) is 1. The van der Waals surface area contributed by atoms with E-state index in [1.807, 2.05) is 43.3 Å². The first-order valence-electron chi connectivity index (χ1n) is 11.7. The Balaban J connectivity index is 1.54. The molecule has 0 spiro atoms. The second kappa shape index (κ2) is 9.88. The van der Waals surface area contributed by atoms with Crippen molar-refractivity contribution >= 4 is 34.5 Å². The molecule has 3 heterocycles. The lowest BCUT2D eigenvalue weighted by atomic mass is 9.98. The van der Waals surface area contributed by atoms with E-state index in [0.717, 1.165) is 35.2 Å². The summed E-state index contributed by atoms with van der Waals surface area (Å²) in [5.74, 6) is 0.649. The molecule has 7 nitrogen and oxygen atoms in total. The maximum Gasteiger partial charge on any atom is 0.412 e. The van der Waals surface area contributed by atoms with E-state index in [0.29, 0.717) is 34.4 Å². The van der Waals surface area contributed by atoms with Gasteiger partial charge < -0.3 is 9.72 Å². The molecule has 0 saturated heterocycles. The zero-order valence-corrected chi connectivity index (χ0v) is 20.1. The van der Waals surface area contributed by atoms with Gasteiger partial charge in [-0.2, -0.15) is 0 Å². The summed E-state index contributed by atoms with van der Waals surface area (Å²) >= 11 is 6.23. The van der Waals surface area contributed by atoms with E-state index in [9.17, 15) is 9.59 Å². The lowest BCUT2D eigenvalue weighted by Gasteiger charge is -2.14. The molecule has 8 heteroatoms. The third kappa shape index (κ3) is 5.20. The van der Waals surface area contributed by atoms with Crippen molar-refractivity contribution in [2.45, 2.75) is 32.6 Å². The number of amides is 1. The molecule has 178 valence electrons. The van der Waals surface area contributed by atoms with Crippen LogP contribution in [0.2, 0.25) is 5.15 Å². The number of hydrogen-bond acceptors (Lipinski definition) is 5. The topological polar surface area (TPSA) is 97.0 Å². The van der Waals surface area contributed by atoms with Crippen molar-refractivity contribution in [3.8, 4) is 22.4 Å². The summed E-state index contributed by atoms with van der Waals surface area (Å²) in [4.78, 5) is 37.5. The SMILES string of the molecule is Cc1cc(-c2cc3c(=O)cc(NC(=O)OCC4CCCC4)[nH]c3nc2-c2ccccc2)cc(Cl)n1. The smallest absolute Gasteiger partial charge is 0.412 e. The maximum absolute atomic E-state index is 13.0. The Morgan fingerprint density at radius 1 is 1.09 bits per heavy atom. The van der Waals surface area contributed by atoms with Gasteiger partial charge >= 0.3 is 6.09 Å². The molecule has 4 aromatic rings. The molecule has 1 aromatic carbocycles. The summed E-state index contributed by atoms with van der Waals surface area (Å²) in [6.45, 7) is 2.25. The van der Waals surface area contributed by atoms with Crippen LogP contribution in [-0.2, 0) is 4.74 Å². The van der Waals surface area contributed by atoms with Crippen LogP contribution in [0, 0.1) is 12.8 Å². The second-order valence-electron chi connectivity index (χ2n) is 8.89. The van der Waals surface area contributed by atoms with Crippen LogP contribution >= 0.6 is 11.6 Å². The van der Waals surface area contributed by atoms with Gasteiger partial charge in [-0.1, -0.05) is 54.8 Å². The fourth-order valence-corrected chi connectivity index (χ4v) is 4.82. The highest BCUT2D eigenvalue weighted by Gasteiger charge is 2.18. The van der Waals surface area contributed by atoms with Crippen molar-refractivity contribution < 1.29 is 9.53 Å². The van der Waals surface area contributed by atoms with Crippen molar-refractivity contribution in [3.63, 3.8) is 0 Å². The third-order valence-electron chi connectivity index (χ3n) is 6.26. The molecular weight excluding hydrogens is 464 g/mol. The minimum absolute atomic E-state index is 0.237. The van der Waals surface area contributed by atoms with E-state index in [1.165, 1.54) is 18.9 Å². The number of anilines is 1. The van der Waals surface area contributed by atoms with Gasteiger partial charge in [0, 0.05) is 22.9 Å². The van der Waals surface area contributed by atoms with E-state index in [2.05, 4.69) is 15.3 Å². The van der Waals surface area contributed by atoms with E-state index in [4.69, 9.17) is 21.3 Å². The molecule has 1 amide bonds. The summed E-state index contributed by atoms with van der Waals surface area (Å²) in [5, 5.41) is 3.40. The van der Waals surface area contributed by atoms with Gasteiger partial charge in [-0.25, -0.2) is 14.8 Å². The zero-order valence-electron chi connectivity index (χ0n) is 19.3. The number of carbonyl (C=O) groups excluding carboxylic acids is 1. The maximum atomic E-state index is 13.0. The minimum atomic E-state index is -0.589. The average molecular weight is 489 g/mol. The first-order valence-corrected chi connectivity index (χ1v) is 12.1. The number of aromatic amines is 1. The molecule has 1 saturated carbocycles. The van der Waals surface area contributed by atoms with Gasteiger partial charge in [-0.05, 0) is 49.4 Å². The lowest BCUT2D eigenvalue weighted by molar-refractivity contribution is 0.142. The van der Waals surface area contributed by atoms with Gasteiger partial charge in [-0.15, -0.1) is 0 Å². The number of pyridine rings is 3. The fraction of sp³-hybridized carbons (Fsp3) is 0.259. The monoisotopic (exact) mass is 488 g/mol. The van der Waals surface area contributed by atoms with Crippen LogP contribution in [0.1, 0.15) is 31.4 Å². The highest BCUT2D eigenvalue weighted by atomic mass is 35.5. The normalized spacial score (nSPS) is 13.8. The molecule has 0 radical (unpaired) electrons. The Hall–Kier alpha value is -3.71. The largest absolute Gasteiger partial charge is 0.449 e. The van der Waals surface area contributed by atoms with Crippen molar-refractivity contribution in [1.29, 1.82) is 0 Å². The molecule has 1 fully saturated rings. The number of benzene rings is 1. The standard InChI is InChI=1S/C27H25ClN4O3/c1-16-11-19(12-23(28)29-16)20-13-21-22(33)14-24(31-27(34)35-15-17-7-5-6-8-17)30-26(21)32-25(20)18-9-3-2-4-10-18/h2-4,9-14,17H,5-8,15H2,1H3,(H2,30,31,32,33,34). The molecule has 5 rings (SSSR count). The van der Waals surface area contributed by atoms with Crippen LogP contribution in [0.15, 0.2) is 59.4 Å². The molecule has 0 bridgehead atoms.